The van der Waals surface area contributed by atoms with Gasteiger partial charge in [0, 0.05) is 31.5 Å². The number of aliphatic hydroxyl groups is 5. The van der Waals surface area contributed by atoms with Crippen LogP contribution in [0.15, 0.2) is 0 Å². The molecule has 0 aliphatic carbocycles. The molecule has 3 rings (SSSR count). The second kappa shape index (κ2) is 17.6. The standard InChI is InChI=1S/C37H70N2O12/c1-14-26-37(10,45)30(41)23(6)38-18-19(2)16-35(8,44)32(51-34-28(40)25(39(11)12)15-20(3)47-34)21(4)29(22(5)33(43)49-26)50-27-17-36(9,46-13)31(42)24(7)48-27/h19-32,34,38,40-42,44-45H,14-18H2,1-13H3/t19-,20-,21+,22-,23-,24+,25+,26-,27-,28-,29+,30-,31-,32-,34+,35-,36+,37-/m1/s1. The average molecular weight is 735 g/mol. The second-order valence-electron chi connectivity index (χ2n) is 16.7. The van der Waals surface area contributed by atoms with Crippen LogP contribution in [0.1, 0.15) is 94.9 Å². The predicted molar refractivity (Wildman–Crippen MR) is 190 cm³/mol. The van der Waals surface area contributed by atoms with Gasteiger partial charge in [-0.1, -0.05) is 20.8 Å². The first-order valence-electron chi connectivity index (χ1n) is 18.8. The van der Waals surface area contributed by atoms with Crippen molar-refractivity contribution in [3.8, 4) is 0 Å². The summed E-state index contributed by atoms with van der Waals surface area (Å²) in [6.07, 6.45) is -8.22. The summed E-state index contributed by atoms with van der Waals surface area (Å²) in [5, 5.41) is 60.9. The van der Waals surface area contributed by atoms with Crippen LogP contribution in [0.3, 0.4) is 0 Å². The number of carbonyl (C=O) groups is 1. The molecular formula is C37H70N2O12. The second-order valence-corrected chi connectivity index (χ2v) is 16.7. The minimum atomic E-state index is -1.80. The van der Waals surface area contributed by atoms with E-state index < -0.39 is 96.0 Å². The first kappa shape index (κ1) is 44.4. The Bertz CT molecular complexity index is 1110. The van der Waals surface area contributed by atoms with Gasteiger partial charge in [-0.05, 0) is 94.3 Å². The normalized spacial score (nSPS) is 49.9. The van der Waals surface area contributed by atoms with E-state index in [1.165, 1.54) is 14.0 Å². The third kappa shape index (κ3) is 10.2. The van der Waals surface area contributed by atoms with Crippen molar-refractivity contribution in [2.45, 2.75) is 185 Å². The summed E-state index contributed by atoms with van der Waals surface area (Å²) < 4.78 is 37.4. The van der Waals surface area contributed by atoms with Gasteiger partial charge in [0.05, 0.1) is 41.5 Å². The first-order chi connectivity index (χ1) is 23.5. The van der Waals surface area contributed by atoms with Crippen LogP contribution < -0.4 is 5.32 Å². The summed E-state index contributed by atoms with van der Waals surface area (Å²) in [6, 6.07) is -0.858. The maximum Gasteiger partial charge on any atom is 0.311 e. The summed E-state index contributed by atoms with van der Waals surface area (Å²) in [6.45, 7) is 17.8. The van der Waals surface area contributed by atoms with Crippen molar-refractivity contribution < 1.29 is 58.7 Å². The summed E-state index contributed by atoms with van der Waals surface area (Å²) in [5.41, 5.74) is -4.37. The quantitative estimate of drug-likeness (QED) is 0.207. The van der Waals surface area contributed by atoms with Gasteiger partial charge in [0.15, 0.2) is 12.6 Å². The van der Waals surface area contributed by atoms with Crippen LogP contribution in [0.2, 0.25) is 0 Å². The smallest absolute Gasteiger partial charge is 0.311 e. The van der Waals surface area contributed by atoms with E-state index in [1.807, 2.05) is 39.8 Å². The Morgan fingerprint density at radius 1 is 0.941 bits per heavy atom. The van der Waals surface area contributed by atoms with Gasteiger partial charge in [-0.15, -0.1) is 0 Å². The van der Waals surface area contributed by atoms with Crippen LogP contribution in [-0.2, 0) is 33.2 Å². The van der Waals surface area contributed by atoms with E-state index in [0.29, 0.717) is 13.0 Å². The van der Waals surface area contributed by atoms with Crippen molar-refractivity contribution in [1.29, 1.82) is 0 Å². The van der Waals surface area contributed by atoms with E-state index in [-0.39, 0.29) is 37.3 Å². The molecule has 3 heterocycles. The summed E-state index contributed by atoms with van der Waals surface area (Å²) in [7, 11) is 5.27. The number of rotatable bonds is 7. The van der Waals surface area contributed by atoms with Crippen LogP contribution in [0.4, 0.5) is 0 Å². The van der Waals surface area contributed by atoms with Crippen molar-refractivity contribution in [3.63, 3.8) is 0 Å². The molecular weight excluding hydrogens is 664 g/mol. The van der Waals surface area contributed by atoms with Gasteiger partial charge in [-0.25, -0.2) is 0 Å². The monoisotopic (exact) mass is 734 g/mol. The molecule has 6 N–H and O–H groups in total. The molecule has 14 nitrogen and oxygen atoms in total. The number of methoxy groups -OCH3 is 1. The van der Waals surface area contributed by atoms with Crippen molar-refractivity contribution in [2.75, 3.05) is 27.7 Å². The fourth-order valence-corrected chi connectivity index (χ4v) is 8.36. The Balaban J connectivity index is 2.15. The van der Waals surface area contributed by atoms with Gasteiger partial charge < -0.3 is 64.2 Å². The Labute approximate surface area is 305 Å². The van der Waals surface area contributed by atoms with E-state index >= 15 is 0 Å². The highest BCUT2D eigenvalue weighted by molar-refractivity contribution is 5.73. The molecule has 3 aliphatic heterocycles. The lowest BCUT2D eigenvalue weighted by molar-refractivity contribution is -0.318. The lowest BCUT2D eigenvalue weighted by atomic mass is 9.77. The van der Waals surface area contributed by atoms with Crippen molar-refractivity contribution >= 4 is 5.97 Å². The largest absolute Gasteiger partial charge is 0.459 e. The summed E-state index contributed by atoms with van der Waals surface area (Å²) in [5.74, 6) is -2.60. The van der Waals surface area contributed by atoms with Crippen LogP contribution in [0, 0.1) is 17.8 Å². The minimum absolute atomic E-state index is 0.132. The fraction of sp³-hybridized carbons (Fsp3) is 0.973. The molecule has 0 aromatic carbocycles. The van der Waals surface area contributed by atoms with Crippen LogP contribution >= 0.6 is 0 Å². The summed E-state index contributed by atoms with van der Waals surface area (Å²) in [4.78, 5) is 16.1. The zero-order chi connectivity index (χ0) is 38.8. The zero-order valence-corrected chi connectivity index (χ0v) is 33.2. The third-order valence-electron chi connectivity index (χ3n) is 11.7. The molecule has 3 aliphatic rings. The number of nitrogens with one attached hydrogen (secondary N) is 1. The Morgan fingerprint density at radius 2 is 1.57 bits per heavy atom. The molecule has 51 heavy (non-hydrogen) atoms. The van der Waals surface area contributed by atoms with E-state index in [9.17, 15) is 30.3 Å². The van der Waals surface area contributed by atoms with Gasteiger partial charge in [-0.3, -0.25) is 4.79 Å². The summed E-state index contributed by atoms with van der Waals surface area (Å²) >= 11 is 0. The average Bonchev–Trinajstić information content (AvgIpc) is 3.05. The first-order valence-corrected chi connectivity index (χ1v) is 18.8. The molecule has 0 amide bonds. The van der Waals surface area contributed by atoms with Gasteiger partial charge in [0.25, 0.3) is 0 Å². The van der Waals surface area contributed by atoms with Crippen molar-refractivity contribution in [3.05, 3.63) is 0 Å². The van der Waals surface area contributed by atoms with E-state index in [4.69, 9.17) is 28.4 Å². The van der Waals surface area contributed by atoms with Gasteiger partial charge in [-0.2, -0.15) is 0 Å². The number of nitrogens with zero attached hydrogens (tertiary/aromatic N) is 1. The Kier molecular flexibility index (Phi) is 15.3. The highest BCUT2D eigenvalue weighted by Gasteiger charge is 2.52. The SMILES string of the molecule is CC[C@H]1OC(=O)[C@H](C)[C@@H](O[C@@H]2C[C@](C)(OC)[C@H](O)[C@H](C)O2)[C@H](C)[C@@H](O[C@@H]2O[C@H](C)C[C@H](N(C)C)[C@H]2O)[C@](C)(O)C[C@@H](C)CN[C@H](C)[C@@H](O)[C@]1(C)O. The molecule has 0 unspecified atom stereocenters. The van der Waals surface area contributed by atoms with E-state index in [1.54, 1.807) is 41.5 Å². The molecule has 0 radical (unpaired) electrons. The predicted octanol–water partition coefficient (Wildman–Crippen LogP) is 1.56. The van der Waals surface area contributed by atoms with Gasteiger partial charge in [0.2, 0.25) is 0 Å². The molecule has 0 spiro atoms. The number of esters is 1. The molecule has 300 valence electrons. The number of hydrogen-bond donors (Lipinski definition) is 6. The van der Waals surface area contributed by atoms with Crippen LogP contribution in [0.25, 0.3) is 0 Å². The van der Waals surface area contributed by atoms with Crippen molar-refractivity contribution in [2.24, 2.45) is 17.8 Å². The minimum Gasteiger partial charge on any atom is -0.459 e. The molecule has 3 fully saturated rings. The number of carbonyl (C=O) groups excluding carboxylic acids is 1. The molecule has 0 bridgehead atoms. The lowest BCUT2D eigenvalue weighted by Crippen LogP contribution is -2.60. The lowest BCUT2D eigenvalue weighted by Gasteiger charge is -2.48. The fourth-order valence-electron chi connectivity index (χ4n) is 8.36. The highest BCUT2D eigenvalue weighted by atomic mass is 16.7. The molecule has 0 saturated carbocycles. The number of ether oxygens (including phenoxy) is 6. The molecule has 14 heteroatoms. The van der Waals surface area contributed by atoms with Crippen molar-refractivity contribution in [1.82, 2.24) is 10.2 Å². The number of hydrogen-bond acceptors (Lipinski definition) is 14. The van der Waals surface area contributed by atoms with E-state index in [2.05, 4.69) is 5.32 Å². The Hall–Kier alpha value is -1.01. The van der Waals surface area contributed by atoms with Gasteiger partial charge in [0.1, 0.15) is 30.0 Å². The van der Waals surface area contributed by atoms with E-state index in [0.717, 1.165) is 0 Å². The number of aliphatic hydroxyl groups excluding tert-OH is 3. The topological polar surface area (TPSA) is 189 Å². The maximum absolute atomic E-state index is 14.1. The zero-order valence-electron chi connectivity index (χ0n) is 33.2. The van der Waals surface area contributed by atoms with Gasteiger partial charge >= 0.3 is 5.97 Å². The molecule has 18 atom stereocenters. The van der Waals surface area contributed by atoms with Crippen LogP contribution in [-0.4, -0.2) is 154 Å². The molecule has 0 aromatic rings. The third-order valence-corrected chi connectivity index (χ3v) is 11.7. The number of cyclic esters (lactones) is 1. The Morgan fingerprint density at radius 3 is 2.14 bits per heavy atom. The molecule has 0 aromatic heterocycles. The highest BCUT2D eigenvalue weighted by Crippen LogP contribution is 2.40. The maximum atomic E-state index is 14.1. The number of likely N-dealkylation sites (N-methyl/N-ethyl adjacent to an activating group) is 1. The molecule has 3 saturated heterocycles. The van der Waals surface area contributed by atoms with Crippen LogP contribution in [0.5, 0.6) is 0 Å².